The Kier molecular flexibility index (Phi) is 10.2. The molecule has 0 radical (unpaired) electrons. The summed E-state index contributed by atoms with van der Waals surface area (Å²) in [6.07, 6.45) is 1.46. The van der Waals surface area contributed by atoms with Gasteiger partial charge in [0.1, 0.15) is 17.6 Å². The molecular formula is C35H42N4O7S. The summed E-state index contributed by atoms with van der Waals surface area (Å²) in [6, 6.07) is 18.8. The van der Waals surface area contributed by atoms with E-state index in [-0.39, 0.29) is 55.2 Å². The van der Waals surface area contributed by atoms with E-state index >= 15 is 0 Å². The first kappa shape index (κ1) is 34.0. The Morgan fingerprint density at radius 1 is 1.15 bits per heavy atom. The lowest BCUT2D eigenvalue weighted by Gasteiger charge is -2.33. The van der Waals surface area contributed by atoms with Gasteiger partial charge in [0.2, 0.25) is 21.8 Å². The Bertz CT molecular complexity index is 1860. The van der Waals surface area contributed by atoms with E-state index in [0.29, 0.717) is 22.7 Å². The molecule has 12 heteroatoms. The molecule has 0 saturated heterocycles. The Morgan fingerprint density at radius 2 is 1.87 bits per heavy atom. The van der Waals surface area contributed by atoms with E-state index in [9.17, 15) is 23.1 Å². The zero-order valence-corrected chi connectivity index (χ0v) is 28.2. The molecule has 0 bridgehead atoms. The fourth-order valence-electron chi connectivity index (χ4n) is 5.95. The standard InChI is InChI=1S/C35H42N4O7S/c1-23-19-39(24(2)22-40)35(42)18-25-16-27(36-34(41)17-26-20-37(3)31-9-7-6-8-30(26)31)10-15-32(25)46-33(23)21-38(4)47(43,44)29-13-11-28(45-5)12-14-29/h6-16,20,23-24,33,40H,17-19,21-22H2,1-5H3,(H,36,41)/t23-,24+,33+/m1/s1. The lowest BCUT2D eigenvalue weighted by Crippen LogP contribution is -2.48. The molecule has 0 spiro atoms. The first-order chi connectivity index (χ1) is 22.4. The van der Waals surface area contributed by atoms with Gasteiger partial charge in [0.05, 0.1) is 44.0 Å². The number of hydrogen-bond donors (Lipinski definition) is 2. The van der Waals surface area contributed by atoms with Gasteiger partial charge in [0.25, 0.3) is 0 Å². The van der Waals surface area contributed by atoms with Crippen LogP contribution < -0.4 is 14.8 Å². The molecular weight excluding hydrogens is 620 g/mol. The molecule has 5 rings (SSSR count). The lowest BCUT2D eigenvalue weighted by molar-refractivity contribution is -0.134. The number of rotatable bonds is 10. The van der Waals surface area contributed by atoms with Crippen LogP contribution in [0, 0.1) is 5.92 Å². The van der Waals surface area contributed by atoms with Gasteiger partial charge in [0.15, 0.2) is 0 Å². The summed E-state index contributed by atoms with van der Waals surface area (Å²) < 4.78 is 41.9. The van der Waals surface area contributed by atoms with Crippen molar-refractivity contribution >= 4 is 38.4 Å². The van der Waals surface area contributed by atoms with Crippen molar-refractivity contribution in [2.45, 2.75) is 43.7 Å². The normalized spacial score (nSPS) is 17.8. The largest absolute Gasteiger partial charge is 0.497 e. The number of aliphatic hydroxyl groups is 1. The first-order valence-electron chi connectivity index (χ1n) is 15.5. The number of carbonyl (C=O) groups excluding carboxylic acids is 2. The summed E-state index contributed by atoms with van der Waals surface area (Å²) in [5, 5.41) is 13.9. The molecule has 2 heterocycles. The number of nitrogens with zero attached hydrogens (tertiary/aromatic N) is 3. The second kappa shape index (κ2) is 14.2. The number of aromatic nitrogens is 1. The molecule has 2 N–H and O–H groups in total. The van der Waals surface area contributed by atoms with Crippen molar-refractivity contribution in [2.24, 2.45) is 13.0 Å². The van der Waals surface area contributed by atoms with Crippen LogP contribution in [0.25, 0.3) is 10.9 Å². The molecule has 3 aromatic carbocycles. The van der Waals surface area contributed by atoms with E-state index in [2.05, 4.69) is 5.32 Å². The minimum Gasteiger partial charge on any atom is -0.497 e. The van der Waals surface area contributed by atoms with Crippen LogP contribution in [0.4, 0.5) is 5.69 Å². The Balaban J connectivity index is 1.40. The van der Waals surface area contributed by atoms with Crippen LogP contribution in [-0.4, -0.2) is 85.1 Å². The first-order valence-corrected chi connectivity index (χ1v) is 17.0. The quantitative estimate of drug-likeness (QED) is 0.264. The zero-order chi connectivity index (χ0) is 33.9. The molecule has 250 valence electrons. The number of likely N-dealkylation sites (N-methyl/N-ethyl adjacent to an activating group) is 1. The van der Waals surface area contributed by atoms with Gasteiger partial charge in [-0.05, 0) is 61.0 Å². The molecule has 4 aromatic rings. The van der Waals surface area contributed by atoms with E-state index in [1.807, 2.05) is 49.0 Å². The molecule has 0 aliphatic carbocycles. The highest BCUT2D eigenvalue weighted by molar-refractivity contribution is 7.89. The maximum Gasteiger partial charge on any atom is 0.242 e. The number of nitrogens with one attached hydrogen (secondary N) is 1. The molecule has 1 aliphatic heterocycles. The maximum absolute atomic E-state index is 13.6. The summed E-state index contributed by atoms with van der Waals surface area (Å²) in [5.41, 5.74) is 3.00. The number of amides is 2. The van der Waals surface area contributed by atoms with Gasteiger partial charge in [-0.1, -0.05) is 25.1 Å². The third kappa shape index (κ3) is 7.45. The number of methoxy groups -OCH3 is 1. The fourth-order valence-corrected chi connectivity index (χ4v) is 7.13. The average molecular weight is 663 g/mol. The molecule has 1 aromatic heterocycles. The minimum atomic E-state index is -3.87. The molecule has 0 saturated carbocycles. The van der Waals surface area contributed by atoms with Crippen LogP contribution in [0.15, 0.2) is 77.8 Å². The lowest BCUT2D eigenvalue weighted by atomic mass is 10.0. The van der Waals surface area contributed by atoms with Gasteiger partial charge < -0.3 is 29.4 Å². The van der Waals surface area contributed by atoms with Crippen molar-refractivity contribution in [3.05, 3.63) is 84.1 Å². The smallest absolute Gasteiger partial charge is 0.242 e. The van der Waals surface area contributed by atoms with Crippen LogP contribution in [0.1, 0.15) is 25.0 Å². The summed E-state index contributed by atoms with van der Waals surface area (Å²) in [7, 11) is 1.08. The number of ether oxygens (including phenoxy) is 2. The van der Waals surface area contributed by atoms with Gasteiger partial charge in [0, 0.05) is 54.9 Å². The number of sulfonamides is 1. The van der Waals surface area contributed by atoms with Gasteiger partial charge in [-0.15, -0.1) is 0 Å². The van der Waals surface area contributed by atoms with Crippen LogP contribution >= 0.6 is 0 Å². The van der Waals surface area contributed by atoms with Crippen molar-refractivity contribution in [3.63, 3.8) is 0 Å². The molecule has 47 heavy (non-hydrogen) atoms. The third-order valence-corrected chi connectivity index (χ3v) is 10.6. The highest BCUT2D eigenvalue weighted by Gasteiger charge is 2.33. The Morgan fingerprint density at radius 3 is 2.57 bits per heavy atom. The second-order valence-corrected chi connectivity index (χ2v) is 14.2. The molecule has 2 amide bonds. The maximum atomic E-state index is 13.6. The predicted molar refractivity (Wildman–Crippen MR) is 180 cm³/mol. The molecule has 3 atom stereocenters. The van der Waals surface area contributed by atoms with Crippen molar-refractivity contribution in [2.75, 3.05) is 39.2 Å². The monoisotopic (exact) mass is 662 g/mol. The van der Waals surface area contributed by atoms with Crippen molar-refractivity contribution in [3.8, 4) is 11.5 Å². The average Bonchev–Trinajstić information content (AvgIpc) is 3.39. The number of hydrogen-bond acceptors (Lipinski definition) is 7. The highest BCUT2D eigenvalue weighted by Crippen LogP contribution is 2.30. The number of para-hydroxylation sites is 1. The summed E-state index contributed by atoms with van der Waals surface area (Å²) >= 11 is 0. The van der Waals surface area contributed by atoms with Crippen LogP contribution in [-0.2, 0) is 39.5 Å². The van der Waals surface area contributed by atoms with Crippen molar-refractivity contribution in [1.29, 1.82) is 0 Å². The predicted octanol–water partition coefficient (Wildman–Crippen LogP) is 3.84. The minimum absolute atomic E-state index is 0.00796. The number of benzene rings is 3. The summed E-state index contributed by atoms with van der Waals surface area (Å²) in [5.74, 6) is 0.262. The van der Waals surface area contributed by atoms with E-state index in [0.717, 1.165) is 16.5 Å². The van der Waals surface area contributed by atoms with E-state index in [4.69, 9.17) is 9.47 Å². The number of aryl methyl sites for hydroxylation is 1. The topological polar surface area (TPSA) is 130 Å². The molecule has 1 aliphatic rings. The third-order valence-electron chi connectivity index (χ3n) is 8.74. The molecule has 0 unspecified atom stereocenters. The van der Waals surface area contributed by atoms with Gasteiger partial charge in [-0.25, -0.2) is 8.42 Å². The second-order valence-electron chi connectivity index (χ2n) is 12.2. The Hall–Kier alpha value is -4.39. The van der Waals surface area contributed by atoms with E-state index in [1.165, 1.54) is 30.6 Å². The number of fused-ring (bicyclic) bond motifs is 2. The van der Waals surface area contributed by atoms with E-state index in [1.54, 1.807) is 42.2 Å². The van der Waals surface area contributed by atoms with Crippen molar-refractivity contribution in [1.82, 2.24) is 13.8 Å². The van der Waals surface area contributed by atoms with Crippen LogP contribution in [0.3, 0.4) is 0 Å². The summed E-state index contributed by atoms with van der Waals surface area (Å²) in [4.78, 5) is 28.5. The van der Waals surface area contributed by atoms with Crippen LogP contribution in [0.5, 0.6) is 11.5 Å². The van der Waals surface area contributed by atoms with Crippen molar-refractivity contribution < 1.29 is 32.6 Å². The van der Waals surface area contributed by atoms with E-state index < -0.39 is 22.2 Å². The Labute approximate surface area is 275 Å². The van der Waals surface area contributed by atoms with Crippen LogP contribution in [0.2, 0.25) is 0 Å². The van der Waals surface area contributed by atoms with Gasteiger partial charge >= 0.3 is 0 Å². The van der Waals surface area contributed by atoms with Gasteiger partial charge in [-0.2, -0.15) is 4.31 Å². The SMILES string of the molecule is COc1ccc(S(=O)(=O)N(C)C[C@@H]2Oc3ccc(NC(=O)Cc4cn(C)c5ccccc45)cc3CC(=O)N([C@@H](C)CO)C[C@H]2C)cc1. The zero-order valence-electron chi connectivity index (χ0n) is 27.3. The molecule has 11 nitrogen and oxygen atoms in total. The summed E-state index contributed by atoms with van der Waals surface area (Å²) in [6.45, 7) is 3.70. The molecule has 0 fully saturated rings. The fraction of sp³-hybridized carbons (Fsp3) is 0.371. The highest BCUT2D eigenvalue weighted by atomic mass is 32.2. The van der Waals surface area contributed by atoms with Gasteiger partial charge in [-0.3, -0.25) is 9.59 Å². The number of aliphatic hydroxyl groups excluding tert-OH is 1. The number of carbonyl (C=O) groups is 2. The number of anilines is 1.